The van der Waals surface area contributed by atoms with Crippen LogP contribution in [-0.4, -0.2) is 12.6 Å². The van der Waals surface area contributed by atoms with E-state index in [1.807, 2.05) is 0 Å². The summed E-state index contributed by atoms with van der Waals surface area (Å²) in [7, 11) is 0. The molecule has 0 bridgehead atoms. The van der Waals surface area contributed by atoms with Crippen LogP contribution in [-0.2, 0) is 9.53 Å². The number of rotatable bonds is 9. The van der Waals surface area contributed by atoms with E-state index in [0.29, 0.717) is 23.0 Å². The van der Waals surface area contributed by atoms with Crippen LogP contribution in [0.2, 0.25) is 0 Å². The van der Waals surface area contributed by atoms with Gasteiger partial charge in [-0.1, -0.05) is 93.1 Å². The average Bonchev–Trinajstić information content (AvgIpc) is 2.59. The van der Waals surface area contributed by atoms with Crippen molar-refractivity contribution >= 4 is 5.97 Å². The Kier molecular flexibility index (Phi) is 12.2. The van der Waals surface area contributed by atoms with E-state index in [2.05, 4.69) is 48.1 Å². The van der Waals surface area contributed by atoms with E-state index in [1.165, 1.54) is 44.9 Å². The van der Waals surface area contributed by atoms with Gasteiger partial charge in [0.05, 0.1) is 6.61 Å². The summed E-state index contributed by atoms with van der Waals surface area (Å²) in [5.74, 6) is 0.771. The van der Waals surface area contributed by atoms with Crippen LogP contribution in [0.4, 0.5) is 0 Å². The quantitative estimate of drug-likeness (QED) is 0.237. The Bertz CT molecular complexity index is 400. The molecule has 2 nitrogen and oxygen atoms in total. The van der Waals surface area contributed by atoms with Gasteiger partial charge >= 0.3 is 5.97 Å². The lowest BCUT2D eigenvalue weighted by atomic mass is 9.75. The number of carbonyl (C=O) groups is 1. The van der Waals surface area contributed by atoms with Crippen molar-refractivity contribution in [3.05, 3.63) is 12.2 Å². The summed E-state index contributed by atoms with van der Waals surface area (Å²) in [4.78, 5) is 11.0. The van der Waals surface area contributed by atoms with Crippen LogP contribution >= 0.6 is 0 Å². The Morgan fingerprint density at radius 1 is 1.00 bits per heavy atom. The molecule has 1 saturated carbocycles. The Hall–Kier alpha value is -0.790. The van der Waals surface area contributed by atoms with Gasteiger partial charge in [0.2, 0.25) is 0 Å². The minimum atomic E-state index is -0.278. The molecule has 1 aliphatic rings. The molecule has 1 rings (SSSR count). The highest BCUT2D eigenvalue weighted by molar-refractivity contribution is 5.86. The van der Waals surface area contributed by atoms with E-state index in [-0.39, 0.29) is 5.97 Å². The maximum absolute atomic E-state index is 11.0. The highest BCUT2D eigenvalue weighted by Crippen LogP contribution is 2.36. The van der Waals surface area contributed by atoms with Crippen LogP contribution < -0.4 is 0 Å². The number of esters is 1. The highest BCUT2D eigenvalue weighted by Gasteiger charge is 2.22. The van der Waals surface area contributed by atoms with Crippen molar-refractivity contribution in [2.75, 3.05) is 6.61 Å². The Labute approximate surface area is 164 Å². The van der Waals surface area contributed by atoms with Gasteiger partial charge < -0.3 is 4.74 Å². The molecule has 0 spiro atoms. The topological polar surface area (TPSA) is 26.3 Å². The van der Waals surface area contributed by atoms with E-state index in [1.54, 1.807) is 6.92 Å². The third kappa shape index (κ3) is 12.5. The molecule has 154 valence electrons. The van der Waals surface area contributed by atoms with Crippen LogP contribution in [0.25, 0.3) is 0 Å². The van der Waals surface area contributed by atoms with Crippen molar-refractivity contribution in [2.24, 2.45) is 16.7 Å². The molecule has 0 aromatic carbocycles. The minimum absolute atomic E-state index is 0.278. The lowest BCUT2D eigenvalue weighted by Gasteiger charge is -2.30. The van der Waals surface area contributed by atoms with E-state index >= 15 is 0 Å². The van der Waals surface area contributed by atoms with Gasteiger partial charge in [0.15, 0.2) is 0 Å². The van der Waals surface area contributed by atoms with Gasteiger partial charge in [-0.2, -0.15) is 0 Å². The summed E-state index contributed by atoms with van der Waals surface area (Å²) in [6, 6.07) is 0. The zero-order valence-electron chi connectivity index (χ0n) is 18.9. The van der Waals surface area contributed by atoms with Crippen molar-refractivity contribution < 1.29 is 9.53 Å². The monoisotopic (exact) mass is 366 g/mol. The van der Waals surface area contributed by atoms with Crippen molar-refractivity contribution in [1.82, 2.24) is 0 Å². The molecule has 0 unspecified atom stereocenters. The van der Waals surface area contributed by atoms with E-state index < -0.39 is 0 Å². The SMILES string of the molecule is C=C(C)C(=O)OCCCC(C)(C)CC.CCC(C)(C)CC1CCCCC1. The van der Waals surface area contributed by atoms with Crippen LogP contribution in [0, 0.1) is 16.7 Å². The number of hydrogen-bond acceptors (Lipinski definition) is 2. The molecule has 0 aliphatic heterocycles. The Morgan fingerprint density at radius 3 is 2.00 bits per heavy atom. The predicted octanol–water partition coefficient (Wildman–Crippen LogP) is 7.72. The molecule has 1 aliphatic carbocycles. The Balaban J connectivity index is 0.000000485. The standard InChI is InChI=1S/C12H22O2.C12H24/c1-6-12(4,5)8-7-9-14-11(13)10(2)3;1-4-12(2,3)10-11-8-6-5-7-9-11/h2,6-9H2,1,3-5H3;11H,4-10H2,1-3H3. The molecule has 0 aromatic rings. The summed E-state index contributed by atoms with van der Waals surface area (Å²) < 4.78 is 5.00. The number of carbonyl (C=O) groups excluding carboxylic acids is 1. The molecule has 0 atom stereocenters. The second kappa shape index (κ2) is 12.6. The number of ether oxygens (including phenoxy) is 1. The van der Waals surface area contributed by atoms with Gasteiger partial charge in [-0.25, -0.2) is 4.79 Å². The lowest BCUT2D eigenvalue weighted by Crippen LogP contribution is -2.18. The Morgan fingerprint density at radius 2 is 1.54 bits per heavy atom. The van der Waals surface area contributed by atoms with Crippen LogP contribution in [0.15, 0.2) is 12.2 Å². The van der Waals surface area contributed by atoms with Crippen LogP contribution in [0.5, 0.6) is 0 Å². The normalized spacial score (nSPS) is 15.8. The summed E-state index contributed by atoms with van der Waals surface area (Å²) in [6.45, 7) is 19.5. The maximum atomic E-state index is 11.0. The first-order valence-corrected chi connectivity index (χ1v) is 10.9. The van der Waals surface area contributed by atoms with Gasteiger partial charge in [0, 0.05) is 5.57 Å². The van der Waals surface area contributed by atoms with Crippen molar-refractivity contribution in [2.45, 2.75) is 113 Å². The first-order valence-electron chi connectivity index (χ1n) is 10.9. The molecule has 2 heteroatoms. The molecule has 0 heterocycles. The summed E-state index contributed by atoms with van der Waals surface area (Å²) in [5, 5.41) is 0. The smallest absolute Gasteiger partial charge is 0.333 e. The molecular weight excluding hydrogens is 320 g/mol. The molecule has 0 aromatic heterocycles. The molecule has 0 N–H and O–H groups in total. The summed E-state index contributed by atoms with van der Waals surface area (Å²) in [6.07, 6.45) is 13.5. The molecule has 0 radical (unpaired) electrons. The van der Waals surface area contributed by atoms with Crippen molar-refractivity contribution in [3.63, 3.8) is 0 Å². The zero-order valence-corrected chi connectivity index (χ0v) is 18.9. The molecule has 1 fully saturated rings. The first-order chi connectivity index (χ1) is 12.0. The fourth-order valence-electron chi connectivity index (χ4n) is 3.33. The second-order valence-corrected chi connectivity index (χ2v) is 9.76. The van der Waals surface area contributed by atoms with Crippen LogP contribution in [0.1, 0.15) is 113 Å². The highest BCUT2D eigenvalue weighted by atomic mass is 16.5. The fraction of sp³-hybridized carbons (Fsp3) is 0.875. The average molecular weight is 367 g/mol. The molecular formula is C24H46O2. The third-order valence-electron chi connectivity index (χ3n) is 6.06. The lowest BCUT2D eigenvalue weighted by molar-refractivity contribution is -0.139. The molecule has 26 heavy (non-hydrogen) atoms. The molecule has 0 saturated heterocycles. The van der Waals surface area contributed by atoms with Gasteiger partial charge in [-0.05, 0) is 42.9 Å². The van der Waals surface area contributed by atoms with Gasteiger partial charge in [-0.3, -0.25) is 0 Å². The number of hydrogen-bond donors (Lipinski definition) is 0. The van der Waals surface area contributed by atoms with E-state index in [9.17, 15) is 4.79 Å². The minimum Gasteiger partial charge on any atom is -0.462 e. The summed E-state index contributed by atoms with van der Waals surface area (Å²) >= 11 is 0. The predicted molar refractivity (Wildman–Crippen MR) is 114 cm³/mol. The second-order valence-electron chi connectivity index (χ2n) is 9.76. The largest absolute Gasteiger partial charge is 0.462 e. The van der Waals surface area contributed by atoms with Gasteiger partial charge in [0.1, 0.15) is 0 Å². The summed E-state index contributed by atoms with van der Waals surface area (Å²) in [5.41, 5.74) is 1.43. The van der Waals surface area contributed by atoms with Gasteiger partial charge in [0.25, 0.3) is 0 Å². The molecule has 0 amide bonds. The van der Waals surface area contributed by atoms with Crippen molar-refractivity contribution in [3.8, 4) is 0 Å². The maximum Gasteiger partial charge on any atom is 0.333 e. The third-order valence-corrected chi connectivity index (χ3v) is 6.06. The van der Waals surface area contributed by atoms with E-state index in [0.717, 1.165) is 25.2 Å². The van der Waals surface area contributed by atoms with Crippen molar-refractivity contribution in [1.29, 1.82) is 0 Å². The zero-order chi connectivity index (χ0) is 20.2. The first kappa shape index (κ1) is 25.2. The van der Waals surface area contributed by atoms with E-state index in [4.69, 9.17) is 4.74 Å². The van der Waals surface area contributed by atoms with Gasteiger partial charge in [-0.15, -0.1) is 0 Å². The van der Waals surface area contributed by atoms with Crippen LogP contribution in [0.3, 0.4) is 0 Å². The fourth-order valence-corrected chi connectivity index (χ4v) is 3.33.